The van der Waals surface area contributed by atoms with Gasteiger partial charge in [-0.3, -0.25) is 0 Å². The van der Waals surface area contributed by atoms with Crippen LogP contribution in [0.5, 0.6) is 0 Å². The summed E-state index contributed by atoms with van der Waals surface area (Å²) >= 11 is 8.26. The van der Waals surface area contributed by atoms with Gasteiger partial charge in [-0.25, -0.2) is 8.78 Å². The smallest absolute Gasteiger partial charge is 0.206 e. The summed E-state index contributed by atoms with van der Waals surface area (Å²) in [6.07, 6.45) is -5.46. The number of alkyl halides is 8. The van der Waals surface area contributed by atoms with Crippen LogP contribution in [0.1, 0.15) is 0 Å². The molecule has 0 aromatic rings. The molecule has 0 bridgehead atoms. The predicted octanol–water partition coefficient (Wildman–Crippen LogP) is 2.34. The highest BCUT2D eigenvalue weighted by Gasteiger charge is 2.93. The Balaban J connectivity index is 3.42. The number of halogens is 8. The highest BCUT2D eigenvalue weighted by Crippen LogP contribution is 2.62. The Kier molecular flexibility index (Phi) is 2.73. The average Bonchev–Trinajstić information content (AvgIpc) is 1.97. The van der Waals surface area contributed by atoms with Crippen molar-refractivity contribution in [2.75, 3.05) is 0 Å². The Morgan fingerprint density at radius 3 is 1.56 bits per heavy atom. The van der Waals surface area contributed by atoms with Crippen LogP contribution in [0, 0.1) is 0 Å². The van der Waals surface area contributed by atoms with Gasteiger partial charge >= 0.3 is 31.7 Å². The zero-order chi connectivity index (χ0) is 13.2. The van der Waals surface area contributed by atoms with Crippen LogP contribution in [0.15, 0.2) is 0 Å². The summed E-state index contributed by atoms with van der Waals surface area (Å²) in [7, 11) is -6.05. The van der Waals surface area contributed by atoms with E-state index in [4.69, 9.17) is 0 Å². The average molecular weight is 313 g/mol. The Morgan fingerprint density at radius 1 is 1.06 bits per heavy atom. The van der Waals surface area contributed by atoms with Gasteiger partial charge < -0.3 is 0 Å². The minimum atomic E-state index is -6.05. The van der Waals surface area contributed by atoms with Crippen LogP contribution < -0.4 is 0 Å². The monoisotopic (exact) mass is 312 g/mol. The highest BCUT2D eigenvalue weighted by atomic mass is 35.5. The molecule has 0 amide bonds. The van der Waals surface area contributed by atoms with Gasteiger partial charge in [0.25, 0.3) is 0 Å². The fraction of sp³-hybridized carbons (Fsp3) is 1.00. The van der Waals surface area contributed by atoms with E-state index in [0.29, 0.717) is 0 Å². The van der Waals surface area contributed by atoms with Crippen LogP contribution in [-0.4, -0.2) is 30.0 Å². The van der Waals surface area contributed by atoms with Crippen molar-refractivity contribution in [3.63, 3.8) is 0 Å². The minimum Gasteiger partial charge on any atom is -0.206 e. The molecule has 1 saturated heterocycles. The summed E-state index contributed by atoms with van der Waals surface area (Å²) in [6.45, 7) is 0. The second-order valence-corrected chi connectivity index (χ2v) is 5.59. The lowest BCUT2D eigenvalue weighted by molar-refractivity contribution is -0.336. The molecule has 1 rings (SSSR count). The lowest BCUT2D eigenvalue weighted by atomic mass is 10.2. The zero-order valence-electron chi connectivity index (χ0n) is 6.66. The third kappa shape index (κ3) is 1.36. The summed E-state index contributed by atoms with van der Waals surface area (Å²) in [4.78, 5) is 0. The van der Waals surface area contributed by atoms with E-state index >= 15 is 0 Å². The maximum absolute atomic E-state index is 13.1. The molecule has 0 aromatic carbocycles. The van der Waals surface area contributed by atoms with E-state index in [0.717, 1.165) is 0 Å². The summed E-state index contributed by atoms with van der Waals surface area (Å²) in [6, 6.07) is 0. The second kappa shape index (κ2) is 3.09. The Morgan fingerprint density at radius 2 is 1.44 bits per heavy atom. The molecule has 0 aromatic heterocycles. The van der Waals surface area contributed by atoms with E-state index in [1.165, 1.54) is 0 Å². The van der Waals surface area contributed by atoms with Crippen molar-refractivity contribution >= 4 is 33.3 Å². The number of hydrogen-bond acceptors (Lipinski definition) is 3. The molecule has 1 heterocycles. The van der Waals surface area contributed by atoms with Crippen LogP contribution in [0.25, 0.3) is 0 Å². The standard InChI is InChI=1S/C4Cl2F6O3S/c5-3(6,10)1(7,8)2(9)4(11,12)15-16(2,13)14. The first-order valence-corrected chi connectivity index (χ1v) is 5.33. The van der Waals surface area contributed by atoms with E-state index in [1.54, 1.807) is 0 Å². The van der Waals surface area contributed by atoms with Gasteiger partial charge in [-0.05, 0) is 0 Å². The van der Waals surface area contributed by atoms with Gasteiger partial charge in [0.15, 0.2) is 0 Å². The van der Waals surface area contributed by atoms with Gasteiger partial charge in [0, 0.05) is 0 Å². The third-order valence-corrected chi connectivity index (χ3v) is 3.78. The highest BCUT2D eigenvalue weighted by molar-refractivity contribution is 7.89. The van der Waals surface area contributed by atoms with Gasteiger partial charge in [-0.1, -0.05) is 23.2 Å². The fourth-order valence-electron chi connectivity index (χ4n) is 0.882. The third-order valence-electron chi connectivity index (χ3n) is 1.69. The topological polar surface area (TPSA) is 43.4 Å². The Hall–Kier alpha value is 0.0700. The van der Waals surface area contributed by atoms with E-state index < -0.39 is 31.7 Å². The second-order valence-electron chi connectivity index (χ2n) is 2.72. The summed E-state index contributed by atoms with van der Waals surface area (Å²) in [5.41, 5.74) is 0. The molecule has 0 aliphatic carbocycles. The van der Waals surface area contributed by atoms with Crippen molar-refractivity contribution in [1.29, 1.82) is 0 Å². The number of hydrogen-bond donors (Lipinski definition) is 0. The van der Waals surface area contributed by atoms with Crippen molar-refractivity contribution in [2.24, 2.45) is 0 Å². The van der Waals surface area contributed by atoms with Gasteiger partial charge in [-0.2, -0.15) is 30.2 Å². The molecule has 0 saturated carbocycles. The number of rotatable bonds is 2. The minimum absolute atomic E-state index is 2.61. The molecular weight excluding hydrogens is 313 g/mol. The molecular formula is C4Cl2F6O3S. The van der Waals surface area contributed by atoms with Gasteiger partial charge in [-0.15, -0.1) is 0 Å². The van der Waals surface area contributed by atoms with E-state index in [1.807, 2.05) is 0 Å². The molecule has 0 radical (unpaired) electrons. The van der Waals surface area contributed by atoms with Crippen molar-refractivity contribution in [1.82, 2.24) is 0 Å². The van der Waals surface area contributed by atoms with Crippen molar-refractivity contribution in [3.05, 3.63) is 0 Å². The Bertz CT molecular complexity index is 416. The van der Waals surface area contributed by atoms with Gasteiger partial charge in [0.2, 0.25) is 0 Å². The molecule has 3 nitrogen and oxygen atoms in total. The first kappa shape index (κ1) is 14.1. The fourth-order valence-corrected chi connectivity index (χ4v) is 2.43. The molecule has 0 spiro atoms. The summed E-state index contributed by atoms with van der Waals surface area (Å²) < 4.78 is 94.5. The van der Waals surface area contributed by atoms with E-state index in [-0.39, 0.29) is 0 Å². The SMILES string of the molecule is O=S1(=O)OC(F)(F)C1(F)C(F)(F)C(F)(Cl)Cl. The van der Waals surface area contributed by atoms with Gasteiger partial charge in [0.05, 0.1) is 0 Å². The molecule has 96 valence electrons. The van der Waals surface area contributed by atoms with Crippen LogP contribution >= 0.6 is 23.2 Å². The van der Waals surface area contributed by atoms with Crippen molar-refractivity contribution < 1.29 is 38.9 Å². The largest absolute Gasteiger partial charge is 0.427 e. The Labute approximate surface area is 94.4 Å². The summed E-state index contributed by atoms with van der Waals surface area (Å²) in [5.74, 6) is -5.93. The maximum Gasteiger partial charge on any atom is 0.427 e. The van der Waals surface area contributed by atoms with Crippen LogP contribution in [0.2, 0.25) is 0 Å². The first-order valence-electron chi connectivity index (χ1n) is 3.17. The molecule has 1 fully saturated rings. The first-order chi connectivity index (χ1) is 6.71. The molecule has 1 aliphatic heterocycles. The van der Waals surface area contributed by atoms with Crippen LogP contribution in [0.3, 0.4) is 0 Å². The molecule has 12 heteroatoms. The van der Waals surface area contributed by atoms with Gasteiger partial charge in [0.1, 0.15) is 0 Å². The molecule has 16 heavy (non-hydrogen) atoms. The molecule has 1 aliphatic rings. The van der Waals surface area contributed by atoms with Crippen molar-refractivity contribution in [2.45, 2.75) is 21.6 Å². The normalized spacial score (nSPS) is 33.2. The predicted molar refractivity (Wildman–Crippen MR) is 39.3 cm³/mol. The zero-order valence-corrected chi connectivity index (χ0v) is 8.99. The molecule has 1 atom stereocenters. The van der Waals surface area contributed by atoms with Crippen LogP contribution in [0.4, 0.5) is 26.3 Å². The maximum atomic E-state index is 13.1. The lowest BCUT2D eigenvalue weighted by Gasteiger charge is -2.44. The molecule has 1 unspecified atom stereocenters. The van der Waals surface area contributed by atoms with E-state index in [2.05, 4.69) is 27.4 Å². The lowest BCUT2D eigenvalue weighted by Crippen LogP contribution is -2.75. The summed E-state index contributed by atoms with van der Waals surface area (Å²) in [5, 5.41) is -5.66. The van der Waals surface area contributed by atoms with Crippen molar-refractivity contribution in [3.8, 4) is 0 Å². The molecule has 0 N–H and O–H groups in total. The van der Waals surface area contributed by atoms with Crippen LogP contribution in [-0.2, 0) is 14.3 Å². The van der Waals surface area contributed by atoms with E-state index in [9.17, 15) is 34.8 Å². The quantitative estimate of drug-likeness (QED) is 0.446.